The van der Waals surface area contributed by atoms with Gasteiger partial charge in [0.25, 0.3) is 0 Å². The van der Waals surface area contributed by atoms with Crippen molar-refractivity contribution in [3.8, 4) is 5.75 Å². The van der Waals surface area contributed by atoms with Gasteiger partial charge in [-0.2, -0.15) is 0 Å². The molecule has 0 aliphatic heterocycles. The van der Waals surface area contributed by atoms with Crippen LogP contribution >= 0.6 is 0 Å². The number of aromatic amines is 1. The lowest BCUT2D eigenvalue weighted by Gasteiger charge is -2.09. The highest BCUT2D eigenvalue weighted by atomic mass is 16.5. The Morgan fingerprint density at radius 3 is 2.74 bits per heavy atom. The van der Waals surface area contributed by atoms with E-state index in [1.54, 1.807) is 7.11 Å². The van der Waals surface area contributed by atoms with Gasteiger partial charge in [-0.05, 0) is 31.9 Å². The van der Waals surface area contributed by atoms with Crippen molar-refractivity contribution in [2.75, 3.05) is 7.11 Å². The molecule has 0 spiro atoms. The van der Waals surface area contributed by atoms with E-state index in [0.717, 1.165) is 40.8 Å². The van der Waals surface area contributed by atoms with E-state index in [0.29, 0.717) is 0 Å². The molecule has 0 unspecified atom stereocenters. The van der Waals surface area contributed by atoms with Gasteiger partial charge in [0.1, 0.15) is 5.75 Å². The van der Waals surface area contributed by atoms with Crippen LogP contribution < -0.4 is 10.2 Å². The molecule has 3 nitrogen and oxygen atoms in total. The molecule has 1 aromatic heterocycles. The first kappa shape index (κ1) is 13.7. The molecule has 0 bridgehead atoms. The van der Waals surface area contributed by atoms with Crippen molar-refractivity contribution < 1.29 is 4.74 Å². The van der Waals surface area contributed by atoms with E-state index in [-0.39, 0.29) is 5.43 Å². The predicted octanol–water partition coefficient (Wildman–Crippen LogP) is 3.58. The van der Waals surface area contributed by atoms with Crippen molar-refractivity contribution >= 4 is 10.9 Å². The molecular weight excluding hydrogens is 238 g/mol. The lowest BCUT2D eigenvalue weighted by Crippen LogP contribution is -2.13. The Hall–Kier alpha value is -1.77. The summed E-state index contributed by atoms with van der Waals surface area (Å²) in [5.74, 6) is 0.765. The number of ether oxygens (including phenoxy) is 1. The molecule has 0 fully saturated rings. The number of pyridine rings is 1. The number of hydrogen-bond acceptors (Lipinski definition) is 2. The van der Waals surface area contributed by atoms with Gasteiger partial charge in [0.2, 0.25) is 0 Å². The SMILES string of the molecule is CCCCCc1c(C)[nH]c2cc(OC)ccc2c1=O. The van der Waals surface area contributed by atoms with Crippen molar-refractivity contribution in [3.63, 3.8) is 0 Å². The molecular formula is C16H21NO2. The lowest BCUT2D eigenvalue weighted by molar-refractivity contribution is 0.415. The third-order valence-electron chi connectivity index (χ3n) is 3.55. The number of unbranched alkanes of at least 4 members (excludes halogenated alkanes) is 2. The number of hydrogen-bond donors (Lipinski definition) is 1. The second-order valence-corrected chi connectivity index (χ2v) is 4.93. The fourth-order valence-electron chi connectivity index (χ4n) is 2.41. The van der Waals surface area contributed by atoms with Crippen LogP contribution in [0.1, 0.15) is 37.4 Å². The summed E-state index contributed by atoms with van der Waals surface area (Å²) in [7, 11) is 1.63. The molecule has 0 aliphatic carbocycles. The van der Waals surface area contributed by atoms with E-state index in [1.165, 1.54) is 12.8 Å². The summed E-state index contributed by atoms with van der Waals surface area (Å²) >= 11 is 0. The largest absolute Gasteiger partial charge is 0.497 e. The molecule has 3 heteroatoms. The fraction of sp³-hybridized carbons (Fsp3) is 0.438. The quantitative estimate of drug-likeness (QED) is 0.834. The van der Waals surface area contributed by atoms with Crippen LogP contribution in [-0.4, -0.2) is 12.1 Å². The Kier molecular flexibility index (Phi) is 4.25. The van der Waals surface area contributed by atoms with Crippen molar-refractivity contribution in [1.82, 2.24) is 4.98 Å². The Morgan fingerprint density at radius 2 is 2.05 bits per heavy atom. The number of aromatic nitrogens is 1. The van der Waals surface area contributed by atoms with Gasteiger partial charge in [-0.3, -0.25) is 4.79 Å². The summed E-state index contributed by atoms with van der Waals surface area (Å²) < 4.78 is 5.19. The van der Waals surface area contributed by atoms with Crippen LogP contribution in [-0.2, 0) is 6.42 Å². The summed E-state index contributed by atoms with van der Waals surface area (Å²) in [6, 6.07) is 5.55. The first-order valence-electron chi connectivity index (χ1n) is 6.87. The van der Waals surface area contributed by atoms with Crippen molar-refractivity contribution in [2.45, 2.75) is 39.5 Å². The molecule has 0 radical (unpaired) electrons. The molecule has 0 saturated heterocycles. The molecule has 2 rings (SSSR count). The maximum absolute atomic E-state index is 12.5. The van der Waals surface area contributed by atoms with Crippen molar-refractivity contribution in [2.24, 2.45) is 0 Å². The van der Waals surface area contributed by atoms with Crippen LogP contribution in [0.15, 0.2) is 23.0 Å². The number of nitrogens with one attached hydrogen (secondary N) is 1. The molecule has 1 N–H and O–H groups in total. The predicted molar refractivity (Wildman–Crippen MR) is 79.1 cm³/mol. The van der Waals surface area contributed by atoms with Gasteiger partial charge in [0.15, 0.2) is 5.43 Å². The fourth-order valence-corrected chi connectivity index (χ4v) is 2.41. The topological polar surface area (TPSA) is 42.1 Å². The van der Waals surface area contributed by atoms with E-state index in [4.69, 9.17) is 4.74 Å². The van der Waals surface area contributed by atoms with E-state index >= 15 is 0 Å². The zero-order chi connectivity index (χ0) is 13.8. The molecule has 0 saturated carbocycles. The summed E-state index contributed by atoms with van der Waals surface area (Å²) in [5.41, 5.74) is 2.90. The van der Waals surface area contributed by atoms with Gasteiger partial charge >= 0.3 is 0 Å². The normalized spacial score (nSPS) is 10.9. The maximum Gasteiger partial charge on any atom is 0.192 e. The standard InChI is InChI=1S/C16H21NO2/c1-4-5-6-7-13-11(2)17-15-10-12(19-3)8-9-14(15)16(13)18/h8-10H,4-7H2,1-3H3,(H,17,18). The minimum absolute atomic E-state index is 0.157. The molecule has 0 atom stereocenters. The Bertz CT molecular complexity index is 628. The van der Waals surface area contributed by atoms with Crippen molar-refractivity contribution in [3.05, 3.63) is 39.7 Å². The molecule has 19 heavy (non-hydrogen) atoms. The van der Waals surface area contributed by atoms with Crippen molar-refractivity contribution in [1.29, 1.82) is 0 Å². The number of benzene rings is 1. The number of aryl methyl sites for hydroxylation is 1. The highest BCUT2D eigenvalue weighted by Crippen LogP contribution is 2.19. The molecule has 102 valence electrons. The van der Waals surface area contributed by atoms with Crippen LogP contribution in [0.25, 0.3) is 10.9 Å². The monoisotopic (exact) mass is 259 g/mol. The van der Waals surface area contributed by atoms with Crippen LogP contribution in [0.5, 0.6) is 5.75 Å². The Balaban J connectivity index is 2.47. The minimum Gasteiger partial charge on any atom is -0.497 e. The summed E-state index contributed by atoms with van der Waals surface area (Å²) in [6.45, 7) is 4.14. The third-order valence-corrected chi connectivity index (χ3v) is 3.55. The number of rotatable bonds is 5. The maximum atomic E-state index is 12.5. The summed E-state index contributed by atoms with van der Waals surface area (Å²) in [6.07, 6.45) is 4.26. The van der Waals surface area contributed by atoms with Crippen LogP contribution in [0.2, 0.25) is 0 Å². The molecule has 1 aromatic carbocycles. The number of fused-ring (bicyclic) bond motifs is 1. The van der Waals surface area contributed by atoms with Gasteiger partial charge in [-0.25, -0.2) is 0 Å². The summed E-state index contributed by atoms with van der Waals surface area (Å²) in [4.78, 5) is 15.8. The Morgan fingerprint density at radius 1 is 1.26 bits per heavy atom. The van der Waals surface area contributed by atoms with Gasteiger partial charge in [0, 0.05) is 22.7 Å². The zero-order valence-electron chi connectivity index (χ0n) is 11.9. The summed E-state index contributed by atoms with van der Waals surface area (Å²) in [5, 5.41) is 0.748. The molecule has 1 heterocycles. The first-order valence-corrected chi connectivity index (χ1v) is 6.87. The van der Waals surface area contributed by atoms with Crippen LogP contribution in [0.4, 0.5) is 0 Å². The van der Waals surface area contributed by atoms with Gasteiger partial charge in [0.05, 0.1) is 12.6 Å². The van der Waals surface area contributed by atoms with E-state index in [9.17, 15) is 4.79 Å². The molecule has 0 aliphatic rings. The van der Waals surface area contributed by atoms with E-state index in [2.05, 4.69) is 11.9 Å². The first-order chi connectivity index (χ1) is 9.17. The zero-order valence-corrected chi connectivity index (χ0v) is 11.9. The lowest BCUT2D eigenvalue weighted by atomic mass is 10.0. The van der Waals surface area contributed by atoms with Crippen LogP contribution in [0.3, 0.4) is 0 Å². The second kappa shape index (κ2) is 5.91. The number of H-pyrrole nitrogens is 1. The molecule has 0 amide bonds. The third kappa shape index (κ3) is 2.80. The van der Waals surface area contributed by atoms with Gasteiger partial charge < -0.3 is 9.72 Å². The highest BCUT2D eigenvalue weighted by Gasteiger charge is 2.09. The van der Waals surface area contributed by atoms with Gasteiger partial charge in [-0.15, -0.1) is 0 Å². The van der Waals surface area contributed by atoms with Crippen LogP contribution in [0, 0.1) is 6.92 Å². The number of methoxy groups -OCH3 is 1. The highest BCUT2D eigenvalue weighted by molar-refractivity contribution is 5.80. The average molecular weight is 259 g/mol. The smallest absolute Gasteiger partial charge is 0.192 e. The van der Waals surface area contributed by atoms with E-state index in [1.807, 2.05) is 25.1 Å². The minimum atomic E-state index is 0.157. The molecule has 2 aromatic rings. The average Bonchev–Trinajstić information content (AvgIpc) is 2.41. The van der Waals surface area contributed by atoms with E-state index < -0.39 is 0 Å². The van der Waals surface area contributed by atoms with Gasteiger partial charge in [-0.1, -0.05) is 19.8 Å². The second-order valence-electron chi connectivity index (χ2n) is 4.93. The Labute approximate surface area is 113 Å².